The minimum atomic E-state index is -4.39. The van der Waals surface area contributed by atoms with Gasteiger partial charge in [-0.25, -0.2) is 4.99 Å². The molecule has 1 aliphatic heterocycles. The molecule has 27 heavy (non-hydrogen) atoms. The third-order valence-electron chi connectivity index (χ3n) is 3.57. The highest BCUT2D eigenvalue weighted by atomic mass is 32.2. The average molecular weight is 392 g/mol. The molecule has 8 heteroatoms. The lowest BCUT2D eigenvalue weighted by atomic mass is 10.1. The summed E-state index contributed by atoms with van der Waals surface area (Å²) in [6.45, 7) is 2.46. The summed E-state index contributed by atoms with van der Waals surface area (Å²) >= 11 is 1.13. The first kappa shape index (κ1) is 19.0. The molecular weight excluding hydrogens is 377 g/mol. The number of benzene rings is 2. The van der Waals surface area contributed by atoms with Gasteiger partial charge in [0.2, 0.25) is 0 Å². The molecule has 0 unspecified atom stereocenters. The van der Waals surface area contributed by atoms with Crippen LogP contribution in [0.2, 0.25) is 0 Å². The fourth-order valence-electron chi connectivity index (χ4n) is 2.30. The summed E-state index contributed by atoms with van der Waals surface area (Å²) in [7, 11) is 0. The Hall–Kier alpha value is -2.74. The van der Waals surface area contributed by atoms with Gasteiger partial charge < -0.3 is 10.1 Å². The number of thioether (sulfide) groups is 1. The van der Waals surface area contributed by atoms with Gasteiger partial charge in [0.25, 0.3) is 5.91 Å². The molecule has 3 rings (SSSR count). The van der Waals surface area contributed by atoms with E-state index in [9.17, 15) is 18.0 Å². The van der Waals surface area contributed by atoms with Crippen molar-refractivity contribution in [2.75, 3.05) is 6.61 Å². The number of hydrogen-bond donors (Lipinski definition) is 1. The fraction of sp³-hybridized carbons (Fsp3) is 0.158. The normalized spacial score (nSPS) is 17.4. The number of alkyl halides is 3. The third kappa shape index (κ3) is 4.91. The van der Waals surface area contributed by atoms with Crippen molar-refractivity contribution in [2.45, 2.75) is 13.1 Å². The van der Waals surface area contributed by atoms with E-state index in [0.29, 0.717) is 27.9 Å². The van der Waals surface area contributed by atoms with E-state index in [-0.39, 0.29) is 5.91 Å². The number of nitrogens with zero attached hydrogens (tertiary/aromatic N) is 1. The van der Waals surface area contributed by atoms with Gasteiger partial charge in [0.15, 0.2) is 5.17 Å². The van der Waals surface area contributed by atoms with Crippen molar-refractivity contribution < 1.29 is 22.7 Å². The van der Waals surface area contributed by atoms with Crippen molar-refractivity contribution in [1.82, 2.24) is 5.32 Å². The second-order valence-electron chi connectivity index (χ2n) is 5.53. The van der Waals surface area contributed by atoms with Crippen molar-refractivity contribution in [2.24, 2.45) is 4.99 Å². The van der Waals surface area contributed by atoms with Gasteiger partial charge in [-0.15, -0.1) is 0 Å². The molecule has 1 fully saturated rings. The highest BCUT2D eigenvalue weighted by Gasteiger charge is 2.30. The first-order valence-electron chi connectivity index (χ1n) is 8.05. The van der Waals surface area contributed by atoms with Crippen LogP contribution >= 0.6 is 11.8 Å². The zero-order valence-corrected chi connectivity index (χ0v) is 15.0. The van der Waals surface area contributed by atoms with Crippen LogP contribution in [0.15, 0.2) is 58.4 Å². The van der Waals surface area contributed by atoms with Crippen molar-refractivity contribution >= 4 is 34.6 Å². The van der Waals surface area contributed by atoms with Gasteiger partial charge in [-0.1, -0.05) is 12.1 Å². The van der Waals surface area contributed by atoms with Gasteiger partial charge >= 0.3 is 6.18 Å². The van der Waals surface area contributed by atoms with Gasteiger partial charge in [-0.3, -0.25) is 4.79 Å². The Kier molecular flexibility index (Phi) is 5.55. The zero-order valence-electron chi connectivity index (χ0n) is 14.2. The number of halogens is 3. The molecule has 0 bridgehead atoms. The zero-order chi connectivity index (χ0) is 19.4. The second-order valence-corrected chi connectivity index (χ2v) is 6.56. The molecule has 0 aliphatic carbocycles. The fourth-order valence-corrected chi connectivity index (χ4v) is 3.14. The van der Waals surface area contributed by atoms with Crippen molar-refractivity contribution in [3.05, 3.63) is 64.6 Å². The standard InChI is InChI=1S/C19H15F3N2O2S/c1-2-26-15-9-7-14(8-10-15)23-18-24-17(25)16(27-18)11-12-3-5-13(6-4-12)19(20,21)22/h3-11H,2H2,1H3,(H,23,24,25)/b16-11+. The maximum Gasteiger partial charge on any atom is 0.416 e. The number of aliphatic imine (C=N–C) groups is 1. The molecule has 140 valence electrons. The number of carbonyl (C=O) groups is 1. The first-order valence-corrected chi connectivity index (χ1v) is 8.86. The van der Waals surface area contributed by atoms with Crippen LogP contribution in [-0.2, 0) is 11.0 Å². The summed E-state index contributed by atoms with van der Waals surface area (Å²) < 4.78 is 43.2. The predicted octanol–water partition coefficient (Wildman–Crippen LogP) is 5.00. The van der Waals surface area contributed by atoms with E-state index < -0.39 is 11.7 Å². The monoisotopic (exact) mass is 392 g/mol. The summed E-state index contributed by atoms with van der Waals surface area (Å²) in [6, 6.07) is 11.7. The number of ether oxygens (including phenoxy) is 1. The van der Waals surface area contributed by atoms with Crippen LogP contribution in [0.1, 0.15) is 18.1 Å². The van der Waals surface area contributed by atoms with Gasteiger partial charge in [-0.05, 0) is 66.7 Å². The summed E-state index contributed by atoms with van der Waals surface area (Å²) in [5.74, 6) is 0.386. The summed E-state index contributed by atoms with van der Waals surface area (Å²) in [6.07, 6.45) is -2.86. The largest absolute Gasteiger partial charge is 0.494 e. The quantitative estimate of drug-likeness (QED) is 0.746. The molecule has 0 aromatic heterocycles. The van der Waals surface area contributed by atoms with Crippen molar-refractivity contribution in [3.8, 4) is 5.75 Å². The highest BCUT2D eigenvalue weighted by molar-refractivity contribution is 8.18. The van der Waals surface area contributed by atoms with E-state index in [0.717, 1.165) is 29.6 Å². The Labute approximate surface area is 158 Å². The number of amides is 1. The van der Waals surface area contributed by atoms with Crippen LogP contribution in [0.25, 0.3) is 6.08 Å². The number of rotatable bonds is 4. The van der Waals surface area contributed by atoms with Gasteiger partial charge in [-0.2, -0.15) is 13.2 Å². The van der Waals surface area contributed by atoms with Crippen LogP contribution in [-0.4, -0.2) is 17.7 Å². The lowest BCUT2D eigenvalue weighted by Gasteiger charge is -2.06. The minimum Gasteiger partial charge on any atom is -0.494 e. The third-order valence-corrected chi connectivity index (χ3v) is 4.47. The van der Waals surface area contributed by atoms with E-state index in [1.807, 2.05) is 6.92 Å². The molecule has 1 amide bonds. The van der Waals surface area contributed by atoms with Gasteiger partial charge in [0.05, 0.1) is 22.8 Å². The SMILES string of the molecule is CCOc1ccc(N=C2NC(=O)/C(=C\c3ccc(C(F)(F)F)cc3)S2)cc1. The number of hydrogen-bond acceptors (Lipinski definition) is 4. The second kappa shape index (κ2) is 7.87. The average Bonchev–Trinajstić information content (AvgIpc) is 2.96. The van der Waals surface area contributed by atoms with Crippen LogP contribution in [0.3, 0.4) is 0 Å². The smallest absolute Gasteiger partial charge is 0.416 e. The lowest BCUT2D eigenvalue weighted by Crippen LogP contribution is -2.19. The van der Waals surface area contributed by atoms with E-state index >= 15 is 0 Å². The Morgan fingerprint density at radius 1 is 1.11 bits per heavy atom. The summed E-state index contributed by atoms with van der Waals surface area (Å²) in [4.78, 5) is 16.8. The molecule has 0 spiro atoms. The molecule has 1 N–H and O–H groups in total. The maximum atomic E-state index is 12.6. The van der Waals surface area contributed by atoms with E-state index in [2.05, 4.69) is 10.3 Å². The van der Waals surface area contributed by atoms with Crippen LogP contribution in [0.5, 0.6) is 5.75 Å². The Morgan fingerprint density at radius 3 is 2.37 bits per heavy atom. The molecule has 2 aromatic carbocycles. The summed E-state index contributed by atoms with van der Waals surface area (Å²) in [5, 5.41) is 3.05. The number of amidine groups is 1. The lowest BCUT2D eigenvalue weighted by molar-refractivity contribution is -0.137. The van der Waals surface area contributed by atoms with Crippen LogP contribution in [0, 0.1) is 0 Å². The topological polar surface area (TPSA) is 50.7 Å². The maximum absolute atomic E-state index is 12.6. The predicted molar refractivity (Wildman–Crippen MR) is 99.9 cm³/mol. The summed E-state index contributed by atoms with van der Waals surface area (Å²) in [5.41, 5.74) is 0.422. The molecule has 1 heterocycles. The molecule has 4 nitrogen and oxygen atoms in total. The molecule has 2 aromatic rings. The number of nitrogens with one attached hydrogen (secondary N) is 1. The first-order chi connectivity index (χ1) is 12.8. The molecule has 0 saturated carbocycles. The van der Waals surface area contributed by atoms with Crippen LogP contribution < -0.4 is 10.1 Å². The van der Waals surface area contributed by atoms with E-state index in [1.165, 1.54) is 18.2 Å². The Bertz CT molecular complexity index is 889. The van der Waals surface area contributed by atoms with Gasteiger partial charge in [0, 0.05) is 0 Å². The Balaban J connectivity index is 1.73. The van der Waals surface area contributed by atoms with E-state index in [4.69, 9.17) is 4.74 Å². The highest BCUT2D eigenvalue weighted by Crippen LogP contribution is 2.31. The van der Waals surface area contributed by atoms with Crippen molar-refractivity contribution in [3.63, 3.8) is 0 Å². The Morgan fingerprint density at radius 2 is 1.78 bits per heavy atom. The minimum absolute atomic E-state index is 0.343. The number of carbonyl (C=O) groups excluding carboxylic acids is 1. The molecular formula is C19H15F3N2O2S. The molecule has 0 radical (unpaired) electrons. The molecule has 1 saturated heterocycles. The molecule has 0 atom stereocenters. The van der Waals surface area contributed by atoms with Crippen LogP contribution in [0.4, 0.5) is 18.9 Å². The van der Waals surface area contributed by atoms with E-state index in [1.54, 1.807) is 24.3 Å². The van der Waals surface area contributed by atoms with Gasteiger partial charge in [0.1, 0.15) is 5.75 Å². The van der Waals surface area contributed by atoms with Crippen molar-refractivity contribution in [1.29, 1.82) is 0 Å². The molecule has 1 aliphatic rings.